The van der Waals surface area contributed by atoms with E-state index in [-0.39, 0.29) is 36.4 Å². The summed E-state index contributed by atoms with van der Waals surface area (Å²) in [5, 5.41) is 11.8. The predicted molar refractivity (Wildman–Crippen MR) is 191 cm³/mol. The molecule has 2 aliphatic rings. The third kappa shape index (κ3) is 7.01. The third-order valence-electron chi connectivity index (χ3n) is 9.99. The number of fused-ring (bicyclic) bond motifs is 2. The topological polar surface area (TPSA) is 97.6 Å². The molecular formula is C38H36ClF3N4O4S. The van der Waals surface area contributed by atoms with Crippen LogP contribution in [0.2, 0.25) is 5.02 Å². The first-order valence-electron chi connectivity index (χ1n) is 17.0. The molecule has 51 heavy (non-hydrogen) atoms. The molecule has 0 unspecified atom stereocenters. The van der Waals surface area contributed by atoms with Crippen LogP contribution in [0.25, 0.3) is 21.3 Å². The highest BCUT2D eigenvalue weighted by molar-refractivity contribution is 7.18. The Morgan fingerprint density at radius 2 is 1.90 bits per heavy atom. The van der Waals surface area contributed by atoms with Gasteiger partial charge in [-0.3, -0.25) is 19.2 Å². The van der Waals surface area contributed by atoms with Crippen molar-refractivity contribution in [3.05, 3.63) is 109 Å². The number of likely N-dealkylation sites (tertiary alicyclic amines) is 1. The van der Waals surface area contributed by atoms with Crippen LogP contribution in [0.5, 0.6) is 5.75 Å². The number of carboxylic acids is 1. The van der Waals surface area contributed by atoms with Crippen molar-refractivity contribution in [2.45, 2.75) is 77.2 Å². The van der Waals surface area contributed by atoms with Crippen LogP contribution in [-0.4, -0.2) is 49.7 Å². The first kappa shape index (κ1) is 35.2. The van der Waals surface area contributed by atoms with Gasteiger partial charge >= 0.3 is 12.1 Å². The molecule has 1 aliphatic carbocycles. The number of hydrogen-bond donors (Lipinski definition) is 1. The van der Waals surface area contributed by atoms with Crippen LogP contribution in [0.15, 0.2) is 58.7 Å². The second-order valence-electron chi connectivity index (χ2n) is 13.2. The fourth-order valence-corrected chi connectivity index (χ4v) is 8.78. The summed E-state index contributed by atoms with van der Waals surface area (Å²) in [6.45, 7) is 4.76. The molecule has 1 fully saturated rings. The van der Waals surface area contributed by atoms with Crippen LogP contribution in [0.1, 0.15) is 76.0 Å². The number of thiophene rings is 1. The van der Waals surface area contributed by atoms with E-state index >= 15 is 0 Å². The largest absolute Gasteiger partial charge is 0.491 e. The molecule has 0 spiro atoms. The van der Waals surface area contributed by atoms with Crippen LogP contribution in [0.4, 0.5) is 13.2 Å². The van der Waals surface area contributed by atoms with Crippen molar-refractivity contribution in [3.8, 4) is 16.9 Å². The van der Waals surface area contributed by atoms with Gasteiger partial charge in [-0.05, 0) is 94.5 Å². The second-order valence-corrected chi connectivity index (χ2v) is 14.6. The van der Waals surface area contributed by atoms with Gasteiger partial charge < -0.3 is 9.84 Å². The van der Waals surface area contributed by atoms with Crippen molar-refractivity contribution < 1.29 is 27.8 Å². The van der Waals surface area contributed by atoms with Gasteiger partial charge in [-0.2, -0.15) is 13.2 Å². The first-order valence-corrected chi connectivity index (χ1v) is 18.2. The van der Waals surface area contributed by atoms with E-state index in [1.165, 1.54) is 23.5 Å². The Kier molecular flexibility index (Phi) is 9.68. The van der Waals surface area contributed by atoms with E-state index < -0.39 is 17.7 Å². The number of carboxylic acid groups (broad SMARTS) is 1. The number of nitrogens with zero attached hydrogens (tertiary/aromatic N) is 4. The van der Waals surface area contributed by atoms with E-state index in [0.29, 0.717) is 62.0 Å². The number of hydrogen-bond acceptors (Lipinski definition) is 7. The van der Waals surface area contributed by atoms with Gasteiger partial charge in [0.2, 0.25) is 0 Å². The van der Waals surface area contributed by atoms with Gasteiger partial charge in [0.1, 0.15) is 18.2 Å². The zero-order valence-corrected chi connectivity index (χ0v) is 29.7. The average Bonchev–Trinajstić information content (AvgIpc) is 3.54. The standard InChI is InChI=1S/C38H36ClF3N4O4S/c1-21-16-28(35-34(43-21)30(20-51-35)37(48)49)27-18-25(39)9-12-33(27)50-15-14-45-22(2)44-31-11-10-26(19-29(31)36(45)47)46-13-4-3-8-32(46)23-6-5-7-24(17-23)38(40,41)42/h5-7,9,12,16-18,20,26,32H,3-4,8,10-11,13-15,19H2,1-2H3,(H,48,49)/t26-,32-/m0/s1. The molecule has 0 amide bonds. The molecule has 4 heterocycles. The summed E-state index contributed by atoms with van der Waals surface area (Å²) in [4.78, 5) is 37.5. The van der Waals surface area contributed by atoms with Crippen molar-refractivity contribution in [2.75, 3.05) is 13.2 Å². The maximum atomic E-state index is 14.0. The van der Waals surface area contributed by atoms with Crippen LogP contribution in [0.3, 0.4) is 0 Å². The first-order chi connectivity index (χ1) is 24.4. The lowest BCUT2D eigenvalue weighted by molar-refractivity contribution is -0.137. The molecule has 0 radical (unpaired) electrons. The molecule has 3 aromatic heterocycles. The highest BCUT2D eigenvalue weighted by atomic mass is 35.5. The van der Waals surface area contributed by atoms with Crippen LogP contribution in [0, 0.1) is 13.8 Å². The van der Waals surface area contributed by atoms with Gasteiger partial charge in [0.15, 0.2) is 0 Å². The molecule has 2 aromatic carbocycles. The van der Waals surface area contributed by atoms with E-state index in [1.807, 2.05) is 13.0 Å². The van der Waals surface area contributed by atoms with Crippen molar-refractivity contribution in [2.24, 2.45) is 0 Å². The molecule has 0 bridgehead atoms. The lowest BCUT2D eigenvalue weighted by Gasteiger charge is -2.43. The molecule has 1 aliphatic heterocycles. The molecule has 5 aromatic rings. The Labute approximate surface area is 301 Å². The van der Waals surface area contributed by atoms with Gasteiger partial charge in [0, 0.05) is 44.9 Å². The monoisotopic (exact) mass is 736 g/mol. The van der Waals surface area contributed by atoms with Crippen molar-refractivity contribution in [1.29, 1.82) is 0 Å². The van der Waals surface area contributed by atoms with Crippen molar-refractivity contribution in [3.63, 3.8) is 0 Å². The Bertz CT molecular complexity index is 2200. The summed E-state index contributed by atoms with van der Waals surface area (Å²) in [5.74, 6) is 0.0623. The summed E-state index contributed by atoms with van der Waals surface area (Å²) in [6, 6.07) is 12.6. The van der Waals surface area contributed by atoms with E-state index in [0.717, 1.165) is 49.6 Å². The number of aromatic carboxylic acids is 1. The summed E-state index contributed by atoms with van der Waals surface area (Å²) >= 11 is 7.72. The molecule has 2 atom stereocenters. The van der Waals surface area contributed by atoms with Crippen LogP contribution < -0.4 is 10.3 Å². The van der Waals surface area contributed by atoms with Gasteiger partial charge in [-0.15, -0.1) is 11.3 Å². The highest BCUT2D eigenvalue weighted by Gasteiger charge is 2.36. The Morgan fingerprint density at radius 3 is 2.69 bits per heavy atom. The van der Waals surface area contributed by atoms with E-state index in [4.69, 9.17) is 21.3 Å². The quantitative estimate of drug-likeness (QED) is 0.170. The molecule has 8 nitrogen and oxygen atoms in total. The fraction of sp³-hybridized carbons (Fsp3) is 0.368. The summed E-state index contributed by atoms with van der Waals surface area (Å²) < 4.78 is 49.3. The molecule has 1 N–H and O–H groups in total. The number of pyridine rings is 1. The lowest BCUT2D eigenvalue weighted by atomic mass is 9.86. The zero-order valence-electron chi connectivity index (χ0n) is 28.1. The number of benzene rings is 2. The van der Waals surface area contributed by atoms with Gasteiger partial charge in [-0.25, -0.2) is 9.78 Å². The number of halogens is 4. The Balaban J connectivity index is 1.12. The fourth-order valence-electron chi connectivity index (χ4n) is 7.60. The van der Waals surface area contributed by atoms with E-state index in [1.54, 1.807) is 41.1 Å². The van der Waals surface area contributed by atoms with E-state index in [2.05, 4.69) is 9.88 Å². The van der Waals surface area contributed by atoms with Gasteiger partial charge in [-0.1, -0.05) is 30.2 Å². The minimum atomic E-state index is -4.41. The van der Waals surface area contributed by atoms with E-state index in [9.17, 15) is 27.9 Å². The molecule has 7 rings (SSSR count). The van der Waals surface area contributed by atoms with Crippen LogP contribution in [-0.2, 0) is 25.6 Å². The molecule has 266 valence electrons. The van der Waals surface area contributed by atoms with Gasteiger partial charge in [0.05, 0.1) is 33.6 Å². The third-order valence-corrected chi connectivity index (χ3v) is 11.2. The normalized spacial score (nSPS) is 18.2. The average molecular weight is 737 g/mol. The summed E-state index contributed by atoms with van der Waals surface area (Å²) in [6.07, 6.45) is 0.134. The maximum Gasteiger partial charge on any atom is 0.416 e. The number of piperidine rings is 1. The number of aryl methyl sites for hydroxylation is 3. The summed E-state index contributed by atoms with van der Waals surface area (Å²) in [5.41, 5.74) is 3.96. The SMILES string of the molecule is Cc1cc(-c2cc(Cl)ccc2OCCn2c(C)nc3c(c2=O)C[C@@H](N2CCCC[C@H]2c2cccc(C(F)(F)F)c2)CC3)c2scc(C(=O)O)c2n1. The zero-order chi connectivity index (χ0) is 36.0. The minimum Gasteiger partial charge on any atom is -0.491 e. The molecule has 13 heteroatoms. The Hall–Kier alpha value is -4.26. The smallest absolute Gasteiger partial charge is 0.416 e. The lowest BCUT2D eigenvalue weighted by Crippen LogP contribution is -2.46. The molecule has 1 saturated heterocycles. The number of alkyl halides is 3. The molecule has 0 saturated carbocycles. The number of rotatable bonds is 8. The number of ether oxygens (including phenoxy) is 1. The predicted octanol–water partition coefficient (Wildman–Crippen LogP) is 8.67. The van der Waals surface area contributed by atoms with Crippen LogP contribution >= 0.6 is 22.9 Å². The minimum absolute atomic E-state index is 0.00965. The maximum absolute atomic E-state index is 14.0. The number of carbonyl (C=O) groups is 1. The number of aromatic nitrogens is 3. The van der Waals surface area contributed by atoms with Gasteiger partial charge in [0.25, 0.3) is 5.56 Å². The highest BCUT2D eigenvalue weighted by Crippen LogP contribution is 2.41. The Morgan fingerprint density at radius 1 is 1.08 bits per heavy atom. The summed E-state index contributed by atoms with van der Waals surface area (Å²) in [7, 11) is 0. The van der Waals surface area contributed by atoms with Crippen molar-refractivity contribution >= 4 is 39.1 Å². The van der Waals surface area contributed by atoms with Crippen molar-refractivity contribution in [1.82, 2.24) is 19.4 Å². The second kappa shape index (κ2) is 14.0. The molecular weight excluding hydrogens is 701 g/mol.